The summed E-state index contributed by atoms with van der Waals surface area (Å²) in [5.41, 5.74) is 6.02. The van der Waals surface area contributed by atoms with Crippen LogP contribution in [0, 0.1) is 12.7 Å². The zero-order chi connectivity index (χ0) is 29.2. The molecule has 9 nitrogen and oxygen atoms in total. The number of rotatable bonds is 7. The summed E-state index contributed by atoms with van der Waals surface area (Å²) in [5.74, 6) is -0.128. The molecule has 42 heavy (non-hydrogen) atoms. The third-order valence-corrected chi connectivity index (χ3v) is 8.66. The number of fused-ring (bicyclic) bond motifs is 1. The van der Waals surface area contributed by atoms with E-state index in [0.717, 1.165) is 33.8 Å². The molecular weight excluding hydrogens is 553 g/mol. The molecule has 214 valence electrons. The van der Waals surface area contributed by atoms with Gasteiger partial charge < -0.3 is 19.7 Å². The summed E-state index contributed by atoms with van der Waals surface area (Å²) in [6, 6.07) is 14.3. The molecule has 5 aromatic rings. The summed E-state index contributed by atoms with van der Waals surface area (Å²) >= 11 is 1.58. The van der Waals surface area contributed by atoms with E-state index in [1.54, 1.807) is 29.1 Å². The summed E-state index contributed by atoms with van der Waals surface area (Å²) in [5, 5.41) is 3.49. The van der Waals surface area contributed by atoms with Gasteiger partial charge in [0.1, 0.15) is 17.3 Å². The quantitative estimate of drug-likeness (QED) is 0.304. The van der Waals surface area contributed by atoms with Gasteiger partial charge in [0.2, 0.25) is 0 Å². The summed E-state index contributed by atoms with van der Waals surface area (Å²) in [4.78, 5) is 44.6. The molecular formula is C31H30FN7O2S. The van der Waals surface area contributed by atoms with Crippen LogP contribution in [0.2, 0.25) is 0 Å². The molecule has 2 aromatic carbocycles. The van der Waals surface area contributed by atoms with Crippen LogP contribution in [-0.2, 0) is 13.5 Å². The number of amides is 2. The molecule has 2 amide bonds. The number of thiazole rings is 1. The van der Waals surface area contributed by atoms with E-state index in [-0.39, 0.29) is 23.3 Å². The first-order chi connectivity index (χ1) is 20.4. The second-order valence-electron chi connectivity index (χ2n) is 10.2. The lowest BCUT2D eigenvalue weighted by Crippen LogP contribution is -2.49. The van der Waals surface area contributed by atoms with Gasteiger partial charge in [-0.1, -0.05) is 30.3 Å². The highest BCUT2D eigenvalue weighted by Gasteiger charge is 2.29. The largest absolute Gasteiger partial charge is 0.352 e. The van der Waals surface area contributed by atoms with Crippen molar-refractivity contribution in [1.29, 1.82) is 0 Å². The van der Waals surface area contributed by atoms with Crippen molar-refractivity contribution >= 4 is 39.9 Å². The summed E-state index contributed by atoms with van der Waals surface area (Å²) in [7, 11) is 1.90. The van der Waals surface area contributed by atoms with Gasteiger partial charge in [-0.05, 0) is 30.7 Å². The predicted molar refractivity (Wildman–Crippen MR) is 161 cm³/mol. The number of piperazine rings is 1. The van der Waals surface area contributed by atoms with Crippen molar-refractivity contribution in [2.24, 2.45) is 7.05 Å². The molecule has 1 aliphatic rings. The number of aromatic nitrogens is 4. The Bertz CT molecular complexity index is 1740. The Morgan fingerprint density at radius 3 is 2.48 bits per heavy atom. The SMILES string of the molecule is Cc1ncsc1CCNC(=O)c1cnc(N2CCN(C(=O)c3c(-c4ccccc4)n(C)c4ccc(F)cc34)CC2)cn1. The van der Waals surface area contributed by atoms with Crippen molar-refractivity contribution < 1.29 is 14.0 Å². The lowest BCUT2D eigenvalue weighted by atomic mass is 10.0. The first-order valence-corrected chi connectivity index (χ1v) is 14.7. The van der Waals surface area contributed by atoms with Crippen LogP contribution < -0.4 is 10.2 Å². The fraction of sp³-hybridized carbons (Fsp3) is 0.258. The van der Waals surface area contributed by atoms with Crippen LogP contribution in [0.4, 0.5) is 10.2 Å². The summed E-state index contributed by atoms with van der Waals surface area (Å²) in [6.45, 7) is 4.51. The van der Waals surface area contributed by atoms with Crippen molar-refractivity contribution in [2.45, 2.75) is 13.3 Å². The molecule has 0 aliphatic carbocycles. The Morgan fingerprint density at radius 2 is 1.79 bits per heavy atom. The van der Waals surface area contributed by atoms with Crippen molar-refractivity contribution in [3.05, 3.63) is 94.1 Å². The normalized spacial score (nSPS) is 13.5. The zero-order valence-electron chi connectivity index (χ0n) is 23.4. The number of carbonyl (C=O) groups excluding carboxylic acids is 2. The topological polar surface area (TPSA) is 96.3 Å². The van der Waals surface area contributed by atoms with Gasteiger partial charge in [0.05, 0.1) is 34.9 Å². The molecule has 6 rings (SSSR count). The molecule has 11 heteroatoms. The highest BCUT2D eigenvalue weighted by molar-refractivity contribution is 7.09. The number of anilines is 1. The molecule has 0 unspecified atom stereocenters. The highest BCUT2D eigenvalue weighted by Crippen LogP contribution is 2.34. The maximum absolute atomic E-state index is 14.3. The number of halogens is 1. The number of nitrogens with one attached hydrogen (secondary N) is 1. The minimum atomic E-state index is -0.378. The van der Waals surface area contributed by atoms with E-state index in [2.05, 4.69) is 20.3 Å². The van der Waals surface area contributed by atoms with Gasteiger partial charge in [0.15, 0.2) is 0 Å². The van der Waals surface area contributed by atoms with Crippen LogP contribution in [0.3, 0.4) is 0 Å². The third kappa shape index (κ3) is 5.35. The molecule has 1 saturated heterocycles. The second-order valence-corrected chi connectivity index (χ2v) is 11.2. The van der Waals surface area contributed by atoms with Crippen LogP contribution in [0.15, 0.2) is 66.4 Å². The third-order valence-electron chi connectivity index (χ3n) is 7.67. The standard InChI is InChI=1S/C31H30FN7O2S/c1-20-26(42-19-36-20)10-11-33-30(40)24-17-35-27(18-34-24)38-12-14-39(15-13-38)31(41)28-23-16-22(32)8-9-25(23)37(2)29(28)21-6-4-3-5-7-21/h3-9,16-19H,10-15H2,1-2H3,(H,33,40). The van der Waals surface area contributed by atoms with E-state index in [1.807, 2.05) is 58.7 Å². The van der Waals surface area contributed by atoms with Gasteiger partial charge in [-0.2, -0.15) is 0 Å². The lowest BCUT2D eigenvalue weighted by Gasteiger charge is -2.35. The number of hydrogen-bond donors (Lipinski definition) is 1. The first kappa shape index (κ1) is 27.5. The number of nitrogens with zero attached hydrogens (tertiary/aromatic N) is 6. The Kier molecular flexibility index (Phi) is 7.66. The molecule has 1 aliphatic heterocycles. The lowest BCUT2D eigenvalue weighted by molar-refractivity contribution is 0.0748. The Hall–Kier alpha value is -4.64. The maximum Gasteiger partial charge on any atom is 0.271 e. The highest BCUT2D eigenvalue weighted by atomic mass is 32.1. The van der Waals surface area contributed by atoms with Crippen molar-refractivity contribution in [3.63, 3.8) is 0 Å². The van der Waals surface area contributed by atoms with Crippen LogP contribution in [0.1, 0.15) is 31.4 Å². The average molecular weight is 584 g/mol. The Balaban J connectivity index is 1.13. The van der Waals surface area contributed by atoms with Gasteiger partial charge in [0, 0.05) is 62.0 Å². The van der Waals surface area contributed by atoms with E-state index < -0.39 is 0 Å². The van der Waals surface area contributed by atoms with Crippen LogP contribution in [0.25, 0.3) is 22.2 Å². The van der Waals surface area contributed by atoms with Crippen LogP contribution >= 0.6 is 11.3 Å². The van der Waals surface area contributed by atoms with Crippen molar-refractivity contribution in [3.8, 4) is 11.3 Å². The predicted octanol–water partition coefficient (Wildman–Crippen LogP) is 4.47. The number of aryl methyl sites for hydroxylation is 2. The minimum absolute atomic E-state index is 0.128. The van der Waals surface area contributed by atoms with Crippen LogP contribution in [0.5, 0.6) is 0 Å². The molecule has 0 saturated carbocycles. The van der Waals surface area contributed by atoms with E-state index in [1.165, 1.54) is 18.3 Å². The van der Waals surface area contributed by atoms with Crippen molar-refractivity contribution in [2.75, 3.05) is 37.6 Å². The van der Waals surface area contributed by atoms with E-state index in [9.17, 15) is 14.0 Å². The molecule has 3 aromatic heterocycles. The smallest absolute Gasteiger partial charge is 0.271 e. The van der Waals surface area contributed by atoms with E-state index in [0.29, 0.717) is 49.5 Å². The van der Waals surface area contributed by atoms with E-state index >= 15 is 0 Å². The molecule has 0 atom stereocenters. The number of benzene rings is 2. The molecule has 1 fully saturated rings. The van der Waals surface area contributed by atoms with Gasteiger partial charge in [0.25, 0.3) is 11.8 Å². The van der Waals surface area contributed by atoms with Gasteiger partial charge in [-0.15, -0.1) is 11.3 Å². The number of carbonyl (C=O) groups is 2. The fourth-order valence-corrected chi connectivity index (χ4v) is 6.19. The Morgan fingerprint density at radius 1 is 1.00 bits per heavy atom. The van der Waals surface area contributed by atoms with Gasteiger partial charge in [-0.3, -0.25) is 9.59 Å². The first-order valence-electron chi connectivity index (χ1n) is 13.8. The Labute approximate surface area is 246 Å². The number of hydrogen-bond acceptors (Lipinski definition) is 7. The average Bonchev–Trinajstić information content (AvgIpc) is 3.56. The maximum atomic E-state index is 14.3. The molecule has 1 N–H and O–H groups in total. The zero-order valence-corrected chi connectivity index (χ0v) is 24.2. The molecule has 0 radical (unpaired) electrons. The van der Waals surface area contributed by atoms with Crippen molar-refractivity contribution in [1.82, 2.24) is 29.7 Å². The van der Waals surface area contributed by atoms with Gasteiger partial charge >= 0.3 is 0 Å². The molecule has 0 bridgehead atoms. The molecule has 0 spiro atoms. The molecule has 4 heterocycles. The van der Waals surface area contributed by atoms with Crippen LogP contribution in [-0.4, -0.2) is 69.0 Å². The van der Waals surface area contributed by atoms with E-state index in [4.69, 9.17) is 0 Å². The summed E-state index contributed by atoms with van der Waals surface area (Å²) in [6.07, 6.45) is 3.80. The fourth-order valence-electron chi connectivity index (χ4n) is 5.41. The minimum Gasteiger partial charge on any atom is -0.352 e. The summed E-state index contributed by atoms with van der Waals surface area (Å²) < 4.78 is 16.3. The second kappa shape index (κ2) is 11.7. The van der Waals surface area contributed by atoms with Gasteiger partial charge in [-0.25, -0.2) is 19.3 Å². The monoisotopic (exact) mass is 583 g/mol.